The number of ether oxygens (including phenoxy) is 1. The smallest absolute Gasteiger partial charge is 0.163 e. The van der Waals surface area contributed by atoms with Crippen LogP contribution in [-0.2, 0) is 6.61 Å². The van der Waals surface area contributed by atoms with Gasteiger partial charge in [-0.3, -0.25) is 4.79 Å². The number of Topliss-reactive ketones (excluding diaryl/α,β-unsaturated/α-hetero) is 1. The van der Waals surface area contributed by atoms with E-state index in [0.717, 1.165) is 12.1 Å². The second-order valence-corrected chi connectivity index (χ2v) is 4.62. The van der Waals surface area contributed by atoms with Crippen molar-refractivity contribution in [2.24, 2.45) is 0 Å². The molecule has 2 aromatic rings. The molecule has 20 heavy (non-hydrogen) atoms. The Bertz CT molecular complexity index is 636. The molecule has 0 aliphatic heterocycles. The van der Waals surface area contributed by atoms with Crippen molar-refractivity contribution in [3.8, 4) is 5.75 Å². The quantitative estimate of drug-likeness (QED) is 0.782. The van der Waals surface area contributed by atoms with E-state index in [2.05, 4.69) is 0 Å². The van der Waals surface area contributed by atoms with Crippen molar-refractivity contribution in [3.63, 3.8) is 0 Å². The van der Waals surface area contributed by atoms with Crippen molar-refractivity contribution in [1.29, 1.82) is 0 Å². The maximum absolute atomic E-state index is 13.5. The molecular formula is C15H11ClF2O2. The summed E-state index contributed by atoms with van der Waals surface area (Å²) in [7, 11) is 0. The number of rotatable bonds is 4. The minimum Gasteiger partial charge on any atom is -0.488 e. The van der Waals surface area contributed by atoms with Crippen LogP contribution in [0.15, 0.2) is 36.4 Å². The first kappa shape index (κ1) is 14.5. The topological polar surface area (TPSA) is 26.3 Å². The molecule has 0 unspecified atom stereocenters. The van der Waals surface area contributed by atoms with Crippen LogP contribution in [0.1, 0.15) is 22.8 Å². The monoisotopic (exact) mass is 296 g/mol. The van der Waals surface area contributed by atoms with Gasteiger partial charge in [0, 0.05) is 5.02 Å². The molecule has 104 valence electrons. The first-order valence-corrected chi connectivity index (χ1v) is 6.23. The zero-order valence-electron chi connectivity index (χ0n) is 10.6. The maximum Gasteiger partial charge on any atom is 0.163 e. The molecule has 0 N–H and O–H groups in total. The van der Waals surface area contributed by atoms with Gasteiger partial charge in [-0.1, -0.05) is 17.7 Å². The Kier molecular flexibility index (Phi) is 4.35. The SMILES string of the molecule is CC(=O)c1cc(Cl)ccc1OCc1c(F)cccc1F. The third-order valence-corrected chi connectivity index (χ3v) is 2.99. The molecule has 0 aliphatic carbocycles. The Morgan fingerprint density at radius 3 is 2.45 bits per heavy atom. The summed E-state index contributed by atoms with van der Waals surface area (Å²) in [6.45, 7) is 1.06. The second kappa shape index (κ2) is 6.01. The van der Waals surface area contributed by atoms with Gasteiger partial charge in [0.2, 0.25) is 0 Å². The highest BCUT2D eigenvalue weighted by Gasteiger charge is 2.13. The minimum absolute atomic E-state index is 0.183. The van der Waals surface area contributed by atoms with Gasteiger partial charge in [-0.25, -0.2) is 8.78 Å². The standard InChI is InChI=1S/C15H11ClF2O2/c1-9(19)11-7-10(16)5-6-15(11)20-8-12-13(17)3-2-4-14(12)18/h2-7H,8H2,1H3. The summed E-state index contributed by atoms with van der Waals surface area (Å²) in [4.78, 5) is 11.5. The number of benzene rings is 2. The van der Waals surface area contributed by atoms with Gasteiger partial charge < -0.3 is 4.74 Å². The van der Waals surface area contributed by atoms with Gasteiger partial charge in [-0.15, -0.1) is 0 Å². The zero-order valence-corrected chi connectivity index (χ0v) is 11.4. The molecule has 0 fully saturated rings. The molecule has 2 aromatic carbocycles. The highest BCUT2D eigenvalue weighted by molar-refractivity contribution is 6.31. The van der Waals surface area contributed by atoms with Gasteiger partial charge in [0.15, 0.2) is 5.78 Å². The summed E-state index contributed by atoms with van der Waals surface area (Å²) in [5.41, 5.74) is 0.0891. The fourth-order valence-electron chi connectivity index (χ4n) is 1.72. The molecular weight excluding hydrogens is 286 g/mol. The van der Waals surface area contributed by atoms with Crippen LogP contribution in [0.5, 0.6) is 5.75 Å². The lowest BCUT2D eigenvalue weighted by atomic mass is 10.1. The normalized spacial score (nSPS) is 10.4. The van der Waals surface area contributed by atoms with Crippen molar-refractivity contribution in [2.45, 2.75) is 13.5 Å². The highest BCUT2D eigenvalue weighted by Crippen LogP contribution is 2.25. The fourth-order valence-corrected chi connectivity index (χ4v) is 1.90. The van der Waals surface area contributed by atoms with Crippen LogP contribution in [0.2, 0.25) is 5.02 Å². The average molecular weight is 297 g/mol. The molecule has 0 saturated heterocycles. The van der Waals surface area contributed by atoms with Gasteiger partial charge in [0.1, 0.15) is 24.0 Å². The molecule has 5 heteroatoms. The number of hydrogen-bond donors (Lipinski definition) is 0. The molecule has 2 nitrogen and oxygen atoms in total. The Hall–Kier alpha value is -1.94. The third-order valence-electron chi connectivity index (χ3n) is 2.75. The predicted octanol–water partition coefficient (Wildman–Crippen LogP) is 4.40. The molecule has 0 atom stereocenters. The Balaban J connectivity index is 2.25. The van der Waals surface area contributed by atoms with E-state index in [1.807, 2.05) is 0 Å². The molecule has 0 radical (unpaired) electrons. The first-order valence-electron chi connectivity index (χ1n) is 5.85. The average Bonchev–Trinajstić information content (AvgIpc) is 2.39. The van der Waals surface area contributed by atoms with Gasteiger partial charge in [-0.2, -0.15) is 0 Å². The van der Waals surface area contributed by atoms with E-state index in [1.165, 1.54) is 25.1 Å². The van der Waals surface area contributed by atoms with Gasteiger partial charge >= 0.3 is 0 Å². The molecule has 2 rings (SSSR count). The lowest BCUT2D eigenvalue weighted by molar-refractivity contribution is 0.101. The summed E-state index contributed by atoms with van der Waals surface area (Å²) >= 11 is 5.80. The maximum atomic E-state index is 13.5. The zero-order chi connectivity index (χ0) is 14.7. The Morgan fingerprint density at radius 1 is 1.20 bits per heavy atom. The van der Waals surface area contributed by atoms with Crippen LogP contribution < -0.4 is 4.74 Å². The largest absolute Gasteiger partial charge is 0.488 e. The highest BCUT2D eigenvalue weighted by atomic mass is 35.5. The lowest BCUT2D eigenvalue weighted by Crippen LogP contribution is -2.05. The summed E-state index contributed by atoms with van der Waals surface area (Å²) in [5, 5.41) is 0.389. The van der Waals surface area contributed by atoms with E-state index in [-0.39, 0.29) is 29.3 Å². The minimum atomic E-state index is -0.691. The van der Waals surface area contributed by atoms with E-state index < -0.39 is 11.6 Å². The Morgan fingerprint density at radius 2 is 1.85 bits per heavy atom. The molecule has 0 bridgehead atoms. The molecule has 0 amide bonds. The lowest BCUT2D eigenvalue weighted by Gasteiger charge is -2.11. The van der Waals surface area contributed by atoms with Crippen molar-refractivity contribution in [1.82, 2.24) is 0 Å². The molecule has 0 saturated carbocycles. The summed E-state index contributed by atoms with van der Waals surface area (Å²) in [5.74, 6) is -1.38. The van der Waals surface area contributed by atoms with E-state index in [9.17, 15) is 13.6 Å². The van der Waals surface area contributed by atoms with E-state index in [0.29, 0.717) is 5.02 Å². The molecule has 0 aliphatic rings. The van der Waals surface area contributed by atoms with Crippen molar-refractivity contribution < 1.29 is 18.3 Å². The molecule has 0 aromatic heterocycles. The van der Waals surface area contributed by atoms with Crippen LogP contribution >= 0.6 is 11.6 Å². The van der Waals surface area contributed by atoms with E-state index in [1.54, 1.807) is 6.07 Å². The first-order chi connectivity index (χ1) is 9.49. The van der Waals surface area contributed by atoms with Crippen LogP contribution in [0.25, 0.3) is 0 Å². The van der Waals surface area contributed by atoms with Crippen molar-refractivity contribution in [3.05, 3.63) is 64.2 Å². The summed E-state index contributed by atoms with van der Waals surface area (Å²) in [6, 6.07) is 8.07. The number of hydrogen-bond acceptors (Lipinski definition) is 2. The van der Waals surface area contributed by atoms with Crippen molar-refractivity contribution in [2.75, 3.05) is 0 Å². The van der Waals surface area contributed by atoms with Crippen LogP contribution in [-0.4, -0.2) is 5.78 Å². The van der Waals surface area contributed by atoms with Gasteiger partial charge in [-0.05, 0) is 37.3 Å². The predicted molar refractivity (Wildman–Crippen MR) is 72.1 cm³/mol. The second-order valence-electron chi connectivity index (χ2n) is 4.19. The number of carbonyl (C=O) groups is 1. The van der Waals surface area contributed by atoms with Gasteiger partial charge in [0.05, 0.1) is 11.1 Å². The molecule has 0 heterocycles. The third kappa shape index (κ3) is 3.14. The van der Waals surface area contributed by atoms with Gasteiger partial charge in [0.25, 0.3) is 0 Å². The fraction of sp³-hybridized carbons (Fsp3) is 0.133. The number of carbonyl (C=O) groups excluding carboxylic acids is 1. The van der Waals surface area contributed by atoms with Crippen molar-refractivity contribution >= 4 is 17.4 Å². The van der Waals surface area contributed by atoms with E-state index in [4.69, 9.17) is 16.3 Å². The van der Waals surface area contributed by atoms with Crippen LogP contribution in [0.4, 0.5) is 8.78 Å². The summed E-state index contributed by atoms with van der Waals surface area (Å²) < 4.78 is 32.3. The molecule has 0 spiro atoms. The number of halogens is 3. The van der Waals surface area contributed by atoms with Crippen LogP contribution in [0, 0.1) is 11.6 Å². The van der Waals surface area contributed by atoms with E-state index >= 15 is 0 Å². The number of ketones is 1. The van der Waals surface area contributed by atoms with Crippen LogP contribution in [0.3, 0.4) is 0 Å². The summed E-state index contributed by atoms with van der Waals surface area (Å²) in [6.07, 6.45) is 0. The Labute approximate surface area is 119 Å².